The molecule has 0 aromatic carbocycles. The molecule has 1 atom stereocenters. The molecule has 1 aromatic rings. The van der Waals surface area contributed by atoms with E-state index in [1.54, 1.807) is 12.3 Å². The second-order valence-electron chi connectivity index (χ2n) is 3.96. The van der Waals surface area contributed by atoms with Crippen molar-refractivity contribution in [2.75, 3.05) is 13.6 Å². The predicted molar refractivity (Wildman–Crippen MR) is 60.3 cm³/mol. The van der Waals surface area contributed by atoms with Crippen molar-refractivity contribution < 1.29 is 4.74 Å². The highest BCUT2D eigenvalue weighted by atomic mass is 35.5. The zero-order valence-corrected chi connectivity index (χ0v) is 9.79. The first-order chi connectivity index (χ1) is 7.19. The number of nitrogens with zero attached hydrogens (tertiary/aromatic N) is 2. The number of rotatable bonds is 1. The first-order valence-corrected chi connectivity index (χ1v) is 5.56. The Morgan fingerprint density at radius 2 is 2.47 bits per heavy atom. The van der Waals surface area contributed by atoms with Crippen molar-refractivity contribution in [2.45, 2.75) is 26.0 Å². The van der Waals surface area contributed by atoms with Gasteiger partial charge in [0.25, 0.3) is 0 Å². The van der Waals surface area contributed by atoms with Crippen molar-refractivity contribution in [3.05, 3.63) is 23.0 Å². The van der Waals surface area contributed by atoms with Crippen LogP contribution in [0.4, 0.5) is 0 Å². The Labute approximate surface area is 95.0 Å². The molecule has 0 radical (unpaired) electrons. The van der Waals surface area contributed by atoms with Gasteiger partial charge >= 0.3 is 0 Å². The van der Waals surface area contributed by atoms with Crippen LogP contribution in [0.15, 0.2) is 12.3 Å². The lowest BCUT2D eigenvalue weighted by Crippen LogP contribution is -2.29. The summed E-state index contributed by atoms with van der Waals surface area (Å²) in [6.45, 7) is 3.95. The molecule has 1 aromatic heterocycles. The number of ether oxygens (including phenoxy) is 1. The number of hydrogen-bond acceptors (Lipinski definition) is 3. The largest absolute Gasteiger partial charge is 0.489 e. The van der Waals surface area contributed by atoms with E-state index >= 15 is 0 Å². The molecule has 0 amide bonds. The van der Waals surface area contributed by atoms with Gasteiger partial charge in [0.2, 0.25) is 0 Å². The van der Waals surface area contributed by atoms with Crippen molar-refractivity contribution in [3.63, 3.8) is 0 Å². The molecule has 0 N–H and O–H groups in total. The zero-order valence-electron chi connectivity index (χ0n) is 9.03. The van der Waals surface area contributed by atoms with Gasteiger partial charge in [-0.1, -0.05) is 18.5 Å². The van der Waals surface area contributed by atoms with Crippen molar-refractivity contribution in [1.82, 2.24) is 9.88 Å². The Kier molecular flexibility index (Phi) is 3.12. The SMILES string of the molecule is CC[C@@H]1CN(C)Cc2cnc(Cl)cc2O1. The lowest BCUT2D eigenvalue weighted by atomic mass is 10.2. The standard InChI is InChI=1S/C11H15ClN2O/c1-3-9-7-14(2)6-8-5-13-11(12)4-10(8)15-9/h4-5,9H,3,6-7H2,1-2H3/t9-/m1/s1. The first-order valence-electron chi connectivity index (χ1n) is 5.18. The van der Waals surface area contributed by atoms with Gasteiger partial charge in [-0.15, -0.1) is 0 Å². The smallest absolute Gasteiger partial charge is 0.132 e. The summed E-state index contributed by atoms with van der Waals surface area (Å²) >= 11 is 5.85. The van der Waals surface area contributed by atoms with E-state index < -0.39 is 0 Å². The van der Waals surface area contributed by atoms with Crippen LogP contribution in [0.3, 0.4) is 0 Å². The molecule has 2 heterocycles. The molecule has 4 heteroatoms. The molecular weight excluding hydrogens is 212 g/mol. The second kappa shape index (κ2) is 4.37. The third kappa shape index (κ3) is 2.41. The molecule has 0 saturated heterocycles. The number of halogens is 1. The highest BCUT2D eigenvalue weighted by Crippen LogP contribution is 2.26. The van der Waals surface area contributed by atoms with E-state index in [2.05, 4.69) is 23.9 Å². The van der Waals surface area contributed by atoms with E-state index in [9.17, 15) is 0 Å². The summed E-state index contributed by atoms with van der Waals surface area (Å²) in [6, 6.07) is 1.80. The summed E-state index contributed by atoms with van der Waals surface area (Å²) in [7, 11) is 2.09. The Morgan fingerprint density at radius 1 is 1.67 bits per heavy atom. The van der Waals surface area contributed by atoms with Crippen LogP contribution >= 0.6 is 11.6 Å². The van der Waals surface area contributed by atoms with Gasteiger partial charge in [-0.05, 0) is 13.5 Å². The summed E-state index contributed by atoms with van der Waals surface area (Å²) in [5.74, 6) is 0.881. The lowest BCUT2D eigenvalue weighted by Gasteiger charge is -2.18. The molecule has 0 unspecified atom stereocenters. The van der Waals surface area contributed by atoms with Crippen LogP contribution in [-0.2, 0) is 6.54 Å². The molecule has 15 heavy (non-hydrogen) atoms. The fourth-order valence-electron chi connectivity index (χ4n) is 1.80. The second-order valence-corrected chi connectivity index (χ2v) is 4.35. The maximum Gasteiger partial charge on any atom is 0.132 e. The van der Waals surface area contributed by atoms with E-state index in [4.69, 9.17) is 16.3 Å². The molecule has 3 nitrogen and oxygen atoms in total. The summed E-state index contributed by atoms with van der Waals surface area (Å²) in [5.41, 5.74) is 1.11. The van der Waals surface area contributed by atoms with Gasteiger partial charge in [-0.25, -0.2) is 4.98 Å². The molecule has 0 fully saturated rings. The minimum atomic E-state index is 0.245. The third-order valence-corrected chi connectivity index (χ3v) is 2.82. The number of aromatic nitrogens is 1. The average Bonchev–Trinajstić information content (AvgIpc) is 2.35. The Morgan fingerprint density at radius 3 is 3.20 bits per heavy atom. The fourth-order valence-corrected chi connectivity index (χ4v) is 1.95. The van der Waals surface area contributed by atoms with Crippen LogP contribution in [0.1, 0.15) is 18.9 Å². The molecule has 1 aliphatic heterocycles. The van der Waals surface area contributed by atoms with Crippen LogP contribution in [-0.4, -0.2) is 29.6 Å². The number of likely N-dealkylation sites (N-methyl/N-ethyl adjacent to an activating group) is 1. The van der Waals surface area contributed by atoms with E-state index in [-0.39, 0.29) is 6.10 Å². The van der Waals surface area contributed by atoms with Gasteiger partial charge in [-0.3, -0.25) is 4.90 Å². The minimum absolute atomic E-state index is 0.245. The first kappa shape index (κ1) is 10.7. The normalized spacial score (nSPS) is 21.7. The molecule has 0 aliphatic carbocycles. The third-order valence-electron chi connectivity index (χ3n) is 2.61. The quantitative estimate of drug-likeness (QED) is 0.688. The van der Waals surface area contributed by atoms with Crippen molar-refractivity contribution >= 4 is 11.6 Å². The lowest BCUT2D eigenvalue weighted by molar-refractivity contribution is 0.159. The summed E-state index contributed by atoms with van der Waals surface area (Å²) in [4.78, 5) is 6.32. The van der Waals surface area contributed by atoms with Crippen LogP contribution in [0.2, 0.25) is 5.15 Å². The van der Waals surface area contributed by atoms with Crippen LogP contribution in [0.25, 0.3) is 0 Å². The maximum atomic E-state index is 5.89. The zero-order chi connectivity index (χ0) is 10.8. The monoisotopic (exact) mass is 226 g/mol. The topological polar surface area (TPSA) is 25.4 Å². The molecule has 2 rings (SSSR count). The summed E-state index contributed by atoms with van der Waals surface area (Å²) < 4.78 is 5.89. The summed E-state index contributed by atoms with van der Waals surface area (Å²) in [6.07, 6.45) is 3.05. The highest BCUT2D eigenvalue weighted by molar-refractivity contribution is 6.29. The fraction of sp³-hybridized carbons (Fsp3) is 0.545. The number of hydrogen-bond donors (Lipinski definition) is 0. The van der Waals surface area contributed by atoms with E-state index in [1.807, 2.05) is 0 Å². The van der Waals surface area contributed by atoms with Gasteiger partial charge in [-0.2, -0.15) is 0 Å². The number of pyridine rings is 1. The molecular formula is C11H15ClN2O. The van der Waals surface area contributed by atoms with E-state index in [0.29, 0.717) is 5.15 Å². The molecule has 0 saturated carbocycles. The van der Waals surface area contributed by atoms with Crippen LogP contribution in [0.5, 0.6) is 5.75 Å². The predicted octanol–water partition coefficient (Wildman–Crippen LogP) is 2.34. The van der Waals surface area contributed by atoms with E-state index in [0.717, 1.165) is 30.8 Å². The Bertz CT molecular complexity index is 356. The van der Waals surface area contributed by atoms with E-state index in [1.165, 1.54) is 0 Å². The van der Waals surface area contributed by atoms with Crippen molar-refractivity contribution in [3.8, 4) is 5.75 Å². The van der Waals surface area contributed by atoms with Gasteiger partial charge < -0.3 is 4.74 Å². The Hall–Kier alpha value is -0.800. The molecule has 82 valence electrons. The molecule has 0 spiro atoms. The minimum Gasteiger partial charge on any atom is -0.489 e. The molecule has 0 bridgehead atoms. The molecule has 1 aliphatic rings. The van der Waals surface area contributed by atoms with Crippen LogP contribution in [0, 0.1) is 0 Å². The van der Waals surface area contributed by atoms with Gasteiger partial charge in [0.05, 0.1) is 0 Å². The van der Waals surface area contributed by atoms with Gasteiger partial charge in [0, 0.05) is 30.9 Å². The Balaban J connectivity index is 2.32. The maximum absolute atomic E-state index is 5.89. The van der Waals surface area contributed by atoms with Crippen LogP contribution < -0.4 is 4.74 Å². The highest BCUT2D eigenvalue weighted by Gasteiger charge is 2.19. The summed E-state index contributed by atoms with van der Waals surface area (Å²) in [5, 5.41) is 0.494. The average molecular weight is 227 g/mol. The van der Waals surface area contributed by atoms with Crippen molar-refractivity contribution in [1.29, 1.82) is 0 Å². The van der Waals surface area contributed by atoms with Gasteiger partial charge in [0.1, 0.15) is 17.0 Å². The van der Waals surface area contributed by atoms with Gasteiger partial charge in [0.15, 0.2) is 0 Å². The number of fused-ring (bicyclic) bond motifs is 1. The van der Waals surface area contributed by atoms with Crippen molar-refractivity contribution in [2.24, 2.45) is 0 Å².